The quantitative estimate of drug-likeness (QED) is 0.802. The molecule has 0 amide bonds. The number of ether oxygens (including phenoxy) is 1. The van der Waals surface area contributed by atoms with Gasteiger partial charge >= 0.3 is 0 Å². The number of hydrogen-bond acceptors (Lipinski definition) is 5. The number of rotatable bonds is 4. The van der Waals surface area contributed by atoms with Gasteiger partial charge in [-0.2, -0.15) is 0 Å². The number of aliphatic hydroxyl groups is 3. The molecule has 23 heavy (non-hydrogen) atoms. The van der Waals surface area contributed by atoms with Crippen LogP contribution in [0, 0.1) is 6.92 Å². The molecule has 3 N–H and O–H groups in total. The van der Waals surface area contributed by atoms with E-state index in [-0.39, 0.29) is 12.7 Å². The molecular formula is C18H22O4S. The molecule has 2 aromatic rings. The minimum absolute atomic E-state index is 0.303. The minimum Gasteiger partial charge on any atom is -0.394 e. The third-order valence-corrected chi connectivity index (χ3v) is 5.43. The maximum Gasteiger partial charge on any atom is 0.110 e. The second kappa shape index (κ2) is 7.11. The summed E-state index contributed by atoms with van der Waals surface area (Å²) in [5.41, 5.74) is 3.46. The summed E-state index contributed by atoms with van der Waals surface area (Å²) in [4.78, 5) is 1.34. The van der Waals surface area contributed by atoms with Crippen LogP contribution in [0.1, 0.15) is 34.1 Å². The molecule has 2 heterocycles. The molecule has 0 bridgehead atoms. The van der Waals surface area contributed by atoms with Gasteiger partial charge in [-0.15, -0.1) is 11.3 Å². The van der Waals surface area contributed by atoms with E-state index in [1.165, 1.54) is 16.0 Å². The maximum atomic E-state index is 9.98. The molecule has 1 fully saturated rings. The van der Waals surface area contributed by atoms with Crippen LogP contribution in [0.4, 0.5) is 0 Å². The molecule has 1 unspecified atom stereocenters. The number of aliphatic hydroxyl groups excluding tert-OH is 3. The van der Waals surface area contributed by atoms with Gasteiger partial charge in [0.05, 0.1) is 18.8 Å². The zero-order valence-corrected chi connectivity index (χ0v) is 13.9. The van der Waals surface area contributed by atoms with Crippen LogP contribution in [0.15, 0.2) is 35.7 Å². The van der Waals surface area contributed by atoms with Gasteiger partial charge in [-0.3, -0.25) is 0 Å². The lowest BCUT2D eigenvalue weighted by atomic mass is 9.93. The van der Waals surface area contributed by atoms with Gasteiger partial charge in [0.25, 0.3) is 0 Å². The third kappa shape index (κ3) is 3.65. The van der Waals surface area contributed by atoms with E-state index in [0.29, 0.717) is 6.42 Å². The van der Waals surface area contributed by atoms with Crippen molar-refractivity contribution in [3.05, 3.63) is 57.3 Å². The van der Waals surface area contributed by atoms with Crippen LogP contribution in [0.25, 0.3) is 0 Å². The lowest BCUT2D eigenvalue weighted by Crippen LogP contribution is -2.47. The molecule has 5 heteroatoms. The monoisotopic (exact) mass is 334 g/mol. The van der Waals surface area contributed by atoms with Crippen LogP contribution in [0.3, 0.4) is 0 Å². The molecule has 1 aliphatic heterocycles. The van der Waals surface area contributed by atoms with Crippen molar-refractivity contribution in [2.24, 2.45) is 0 Å². The third-order valence-electron chi connectivity index (χ3n) is 4.41. The summed E-state index contributed by atoms with van der Waals surface area (Å²) >= 11 is 1.75. The SMILES string of the molecule is Cc1ccsc1Cc1cccc([C@H]2C[C@@H](O)[C@H](O)C(CO)O2)c1. The molecule has 1 saturated heterocycles. The van der Waals surface area contributed by atoms with Gasteiger partial charge in [0, 0.05) is 17.7 Å². The molecule has 4 atom stereocenters. The molecule has 3 rings (SSSR count). The fourth-order valence-electron chi connectivity index (χ4n) is 2.99. The molecule has 1 aliphatic rings. The van der Waals surface area contributed by atoms with Gasteiger partial charge in [-0.05, 0) is 35.1 Å². The molecule has 0 spiro atoms. The molecule has 4 nitrogen and oxygen atoms in total. The van der Waals surface area contributed by atoms with Crippen molar-refractivity contribution in [2.75, 3.05) is 6.61 Å². The average Bonchev–Trinajstić information content (AvgIpc) is 2.95. The van der Waals surface area contributed by atoms with Crippen molar-refractivity contribution in [1.29, 1.82) is 0 Å². The fraction of sp³-hybridized carbons (Fsp3) is 0.444. The van der Waals surface area contributed by atoms with E-state index in [1.54, 1.807) is 11.3 Å². The van der Waals surface area contributed by atoms with Crippen molar-refractivity contribution in [3.63, 3.8) is 0 Å². The van der Waals surface area contributed by atoms with Crippen LogP contribution >= 0.6 is 11.3 Å². The van der Waals surface area contributed by atoms with Gasteiger partial charge in [0.1, 0.15) is 12.2 Å². The van der Waals surface area contributed by atoms with Gasteiger partial charge in [-0.1, -0.05) is 24.3 Å². The van der Waals surface area contributed by atoms with Crippen molar-refractivity contribution < 1.29 is 20.1 Å². The Hall–Kier alpha value is -1.24. The first-order valence-corrected chi connectivity index (χ1v) is 8.70. The van der Waals surface area contributed by atoms with Crippen LogP contribution < -0.4 is 0 Å². The zero-order valence-electron chi connectivity index (χ0n) is 13.1. The van der Waals surface area contributed by atoms with Crippen LogP contribution in [-0.2, 0) is 11.2 Å². The Morgan fingerprint density at radius 2 is 2.09 bits per heavy atom. The van der Waals surface area contributed by atoms with E-state index in [9.17, 15) is 15.3 Å². The summed E-state index contributed by atoms with van der Waals surface area (Å²) in [6.07, 6.45) is -1.76. The largest absolute Gasteiger partial charge is 0.394 e. The Labute approximate surface area is 140 Å². The summed E-state index contributed by atoms with van der Waals surface area (Å²) in [7, 11) is 0. The van der Waals surface area contributed by atoms with E-state index in [1.807, 2.05) is 12.1 Å². The van der Waals surface area contributed by atoms with Crippen molar-refractivity contribution >= 4 is 11.3 Å². The molecular weight excluding hydrogens is 312 g/mol. The normalized spacial score (nSPS) is 28.0. The highest BCUT2D eigenvalue weighted by Gasteiger charge is 2.36. The predicted octanol–water partition coefficient (Wildman–Crippen LogP) is 2.19. The second-order valence-corrected chi connectivity index (χ2v) is 7.09. The molecule has 1 aromatic heterocycles. The van der Waals surface area contributed by atoms with E-state index in [0.717, 1.165) is 12.0 Å². The Bertz CT molecular complexity index is 654. The highest BCUT2D eigenvalue weighted by Crippen LogP contribution is 2.32. The standard InChI is InChI=1S/C18H22O4S/c1-11-5-6-23-17(11)8-12-3-2-4-13(7-12)15-9-14(20)18(21)16(10-19)22-15/h2-7,14-16,18-21H,8-10H2,1H3/t14-,15-,16?,18+/m1/s1. The van der Waals surface area contributed by atoms with Crippen LogP contribution in [0.2, 0.25) is 0 Å². The van der Waals surface area contributed by atoms with Gasteiger partial charge in [0.2, 0.25) is 0 Å². The summed E-state index contributed by atoms with van der Waals surface area (Å²) in [5.74, 6) is 0. The first kappa shape index (κ1) is 16.6. The summed E-state index contributed by atoms with van der Waals surface area (Å²) in [6.45, 7) is 1.81. The van der Waals surface area contributed by atoms with Crippen LogP contribution in [-0.4, -0.2) is 40.2 Å². The summed E-state index contributed by atoms with van der Waals surface area (Å²) < 4.78 is 5.76. The summed E-state index contributed by atoms with van der Waals surface area (Å²) in [6, 6.07) is 10.2. The minimum atomic E-state index is -1.03. The molecule has 0 aliphatic carbocycles. The van der Waals surface area contributed by atoms with E-state index in [4.69, 9.17) is 4.74 Å². The highest BCUT2D eigenvalue weighted by molar-refractivity contribution is 7.10. The van der Waals surface area contributed by atoms with E-state index < -0.39 is 18.3 Å². The Morgan fingerprint density at radius 1 is 1.26 bits per heavy atom. The maximum absolute atomic E-state index is 9.98. The number of benzene rings is 1. The average molecular weight is 334 g/mol. The Balaban J connectivity index is 1.78. The first-order valence-electron chi connectivity index (χ1n) is 7.82. The molecule has 0 saturated carbocycles. The molecule has 1 aromatic carbocycles. The van der Waals surface area contributed by atoms with Gasteiger partial charge < -0.3 is 20.1 Å². The topological polar surface area (TPSA) is 69.9 Å². The Morgan fingerprint density at radius 3 is 2.78 bits per heavy atom. The van der Waals surface area contributed by atoms with Crippen molar-refractivity contribution in [3.8, 4) is 0 Å². The van der Waals surface area contributed by atoms with Gasteiger partial charge in [-0.25, -0.2) is 0 Å². The zero-order chi connectivity index (χ0) is 16.4. The number of aryl methyl sites for hydroxylation is 1. The lowest BCUT2D eigenvalue weighted by Gasteiger charge is -2.36. The van der Waals surface area contributed by atoms with Crippen molar-refractivity contribution in [1.82, 2.24) is 0 Å². The number of thiophene rings is 1. The smallest absolute Gasteiger partial charge is 0.110 e. The van der Waals surface area contributed by atoms with Crippen molar-refractivity contribution in [2.45, 2.75) is 44.2 Å². The molecule has 0 radical (unpaired) electrons. The number of hydrogen-bond donors (Lipinski definition) is 3. The van der Waals surface area contributed by atoms with Crippen LogP contribution in [0.5, 0.6) is 0 Å². The van der Waals surface area contributed by atoms with E-state index in [2.05, 4.69) is 30.5 Å². The second-order valence-electron chi connectivity index (χ2n) is 6.09. The van der Waals surface area contributed by atoms with E-state index >= 15 is 0 Å². The Kier molecular flexibility index (Phi) is 5.14. The first-order chi connectivity index (χ1) is 11.1. The summed E-state index contributed by atoms with van der Waals surface area (Å²) in [5, 5.41) is 31.2. The highest BCUT2D eigenvalue weighted by atomic mass is 32.1. The van der Waals surface area contributed by atoms with Gasteiger partial charge in [0.15, 0.2) is 0 Å². The fourth-order valence-corrected chi connectivity index (χ4v) is 3.93. The lowest BCUT2D eigenvalue weighted by molar-refractivity contribution is -0.181. The molecule has 124 valence electrons. The predicted molar refractivity (Wildman–Crippen MR) is 89.6 cm³/mol.